The van der Waals surface area contributed by atoms with Crippen molar-refractivity contribution in [3.8, 4) is 5.75 Å². The van der Waals surface area contributed by atoms with Gasteiger partial charge in [0, 0.05) is 10.0 Å². The number of rotatable bonds is 7. The minimum Gasteiger partial charge on any atom is -0.481 e. The van der Waals surface area contributed by atoms with Crippen molar-refractivity contribution in [3.63, 3.8) is 0 Å². The van der Waals surface area contributed by atoms with Crippen molar-refractivity contribution in [2.45, 2.75) is 6.92 Å². The molecular formula is C17H16BrNO7S. The summed E-state index contributed by atoms with van der Waals surface area (Å²) in [4.78, 5) is 48.3. The van der Waals surface area contributed by atoms with Crippen molar-refractivity contribution in [1.82, 2.24) is 4.90 Å². The van der Waals surface area contributed by atoms with Crippen LogP contribution < -0.4 is 4.74 Å². The van der Waals surface area contributed by atoms with Gasteiger partial charge in [-0.2, -0.15) is 0 Å². The maximum atomic E-state index is 12.5. The highest BCUT2D eigenvalue weighted by molar-refractivity contribution is 9.10. The lowest BCUT2D eigenvalue weighted by molar-refractivity contribution is -0.146. The average molecular weight is 458 g/mol. The summed E-state index contributed by atoms with van der Waals surface area (Å²) >= 11 is 4.03. The number of hydrogen-bond donors (Lipinski definition) is 0. The van der Waals surface area contributed by atoms with E-state index in [0.29, 0.717) is 27.5 Å². The molecule has 0 radical (unpaired) electrons. The second-order valence-electron chi connectivity index (χ2n) is 5.12. The van der Waals surface area contributed by atoms with Gasteiger partial charge in [-0.05, 0) is 43.0 Å². The number of esters is 2. The van der Waals surface area contributed by atoms with Crippen LogP contribution in [0, 0.1) is 0 Å². The van der Waals surface area contributed by atoms with Crippen molar-refractivity contribution in [3.05, 3.63) is 33.1 Å². The molecule has 0 atom stereocenters. The van der Waals surface area contributed by atoms with Crippen LogP contribution in [0.5, 0.6) is 5.75 Å². The van der Waals surface area contributed by atoms with Gasteiger partial charge in [-0.3, -0.25) is 19.3 Å². The summed E-state index contributed by atoms with van der Waals surface area (Å²) in [7, 11) is 1.24. The summed E-state index contributed by atoms with van der Waals surface area (Å²) in [5.74, 6) is -1.48. The molecule has 10 heteroatoms. The van der Waals surface area contributed by atoms with Crippen molar-refractivity contribution in [1.29, 1.82) is 0 Å². The quantitative estimate of drug-likeness (QED) is 0.454. The Kier molecular flexibility index (Phi) is 7.43. The maximum absolute atomic E-state index is 12.5. The van der Waals surface area contributed by atoms with E-state index in [-0.39, 0.29) is 18.1 Å². The van der Waals surface area contributed by atoms with E-state index in [1.807, 2.05) is 0 Å². The Labute approximate surface area is 167 Å². The lowest BCUT2D eigenvalue weighted by Crippen LogP contribution is -2.34. The van der Waals surface area contributed by atoms with E-state index in [0.717, 1.165) is 4.90 Å². The first-order chi connectivity index (χ1) is 12.8. The third kappa shape index (κ3) is 5.57. The molecule has 8 nitrogen and oxygen atoms in total. The van der Waals surface area contributed by atoms with E-state index in [2.05, 4.69) is 20.7 Å². The predicted octanol–water partition coefficient (Wildman–Crippen LogP) is 2.60. The largest absolute Gasteiger partial charge is 0.481 e. The Balaban J connectivity index is 2.23. The van der Waals surface area contributed by atoms with E-state index >= 15 is 0 Å². The Morgan fingerprint density at radius 3 is 2.67 bits per heavy atom. The first-order valence-corrected chi connectivity index (χ1v) is 9.36. The highest BCUT2D eigenvalue weighted by atomic mass is 79.9. The summed E-state index contributed by atoms with van der Waals surface area (Å²) in [6.07, 6.45) is 1.47. The molecule has 0 saturated carbocycles. The molecule has 1 aliphatic heterocycles. The first kappa shape index (κ1) is 21.0. The average Bonchev–Trinajstić information content (AvgIpc) is 2.88. The Morgan fingerprint density at radius 2 is 2.00 bits per heavy atom. The highest BCUT2D eigenvalue weighted by Crippen LogP contribution is 2.34. The fourth-order valence-electron chi connectivity index (χ4n) is 2.07. The summed E-state index contributed by atoms with van der Waals surface area (Å²) in [6, 6.07) is 4.99. The smallest absolute Gasteiger partial charge is 0.343 e. The fraction of sp³-hybridized carbons (Fsp3) is 0.294. The summed E-state index contributed by atoms with van der Waals surface area (Å²) in [5, 5.41) is -0.564. The summed E-state index contributed by atoms with van der Waals surface area (Å²) in [5.41, 5.74) is 0.481. The molecule has 0 aliphatic carbocycles. The second kappa shape index (κ2) is 9.56. The van der Waals surface area contributed by atoms with E-state index in [1.54, 1.807) is 25.1 Å². The lowest BCUT2D eigenvalue weighted by Gasteiger charge is -2.11. The molecule has 1 heterocycles. The van der Waals surface area contributed by atoms with Gasteiger partial charge in [0.25, 0.3) is 11.1 Å². The number of imide groups is 1. The van der Waals surface area contributed by atoms with Crippen molar-refractivity contribution in [2.24, 2.45) is 0 Å². The molecule has 1 aliphatic rings. The van der Waals surface area contributed by atoms with Crippen LogP contribution in [-0.4, -0.2) is 54.9 Å². The van der Waals surface area contributed by atoms with Gasteiger partial charge >= 0.3 is 11.9 Å². The van der Waals surface area contributed by atoms with Gasteiger partial charge in [0.05, 0.1) is 18.6 Å². The summed E-state index contributed by atoms with van der Waals surface area (Å²) in [6.45, 7) is 1.04. The van der Waals surface area contributed by atoms with Crippen molar-refractivity contribution in [2.75, 3.05) is 26.9 Å². The molecule has 1 aromatic rings. The molecule has 1 fully saturated rings. The number of carbonyl (C=O) groups excluding carboxylic acids is 4. The van der Waals surface area contributed by atoms with Crippen LogP contribution in [-0.2, 0) is 23.9 Å². The van der Waals surface area contributed by atoms with Gasteiger partial charge in [-0.25, -0.2) is 4.79 Å². The SMILES string of the molecule is CCOC(=O)CN1C(=O)S/C(=C/c2cc(Br)ccc2OCC(=O)OC)C1=O. The van der Waals surface area contributed by atoms with Gasteiger partial charge in [0.1, 0.15) is 12.3 Å². The van der Waals surface area contributed by atoms with Crippen LogP contribution >= 0.6 is 27.7 Å². The minimum atomic E-state index is -0.661. The molecule has 144 valence electrons. The number of nitrogens with zero attached hydrogens (tertiary/aromatic N) is 1. The Bertz CT molecular complexity index is 808. The highest BCUT2D eigenvalue weighted by Gasteiger charge is 2.36. The minimum absolute atomic E-state index is 0.130. The maximum Gasteiger partial charge on any atom is 0.343 e. The number of hydrogen-bond acceptors (Lipinski definition) is 8. The fourth-order valence-corrected chi connectivity index (χ4v) is 3.28. The molecule has 2 amide bonds. The summed E-state index contributed by atoms with van der Waals surface area (Å²) < 4.78 is 15.4. The van der Waals surface area contributed by atoms with Gasteiger partial charge in [-0.15, -0.1) is 0 Å². The third-order valence-corrected chi connectivity index (χ3v) is 4.70. The number of amides is 2. The van der Waals surface area contributed by atoms with Gasteiger partial charge in [-0.1, -0.05) is 15.9 Å². The van der Waals surface area contributed by atoms with Crippen LogP contribution in [0.1, 0.15) is 12.5 Å². The van der Waals surface area contributed by atoms with E-state index < -0.39 is 29.6 Å². The van der Waals surface area contributed by atoms with Crippen molar-refractivity contribution >= 4 is 56.9 Å². The van der Waals surface area contributed by atoms with Crippen LogP contribution in [0.25, 0.3) is 6.08 Å². The lowest BCUT2D eigenvalue weighted by atomic mass is 10.2. The van der Waals surface area contributed by atoms with Gasteiger partial charge < -0.3 is 14.2 Å². The second-order valence-corrected chi connectivity index (χ2v) is 7.03. The van der Waals surface area contributed by atoms with Crippen LogP contribution in [0.3, 0.4) is 0 Å². The zero-order valence-corrected chi connectivity index (χ0v) is 16.9. The number of methoxy groups -OCH3 is 1. The van der Waals surface area contributed by atoms with Crippen molar-refractivity contribution < 1.29 is 33.4 Å². The van der Waals surface area contributed by atoms with Gasteiger partial charge in [0.2, 0.25) is 0 Å². The zero-order valence-electron chi connectivity index (χ0n) is 14.5. The number of thioether (sulfide) groups is 1. The zero-order chi connectivity index (χ0) is 20.0. The topological polar surface area (TPSA) is 99.2 Å². The van der Waals surface area contributed by atoms with Crippen LogP contribution in [0.15, 0.2) is 27.6 Å². The molecule has 27 heavy (non-hydrogen) atoms. The van der Waals surface area contributed by atoms with Crippen LogP contribution in [0.2, 0.25) is 0 Å². The monoisotopic (exact) mass is 457 g/mol. The number of halogens is 1. The molecule has 1 saturated heterocycles. The van der Waals surface area contributed by atoms with E-state index in [4.69, 9.17) is 9.47 Å². The molecule has 0 bridgehead atoms. The van der Waals surface area contributed by atoms with E-state index in [9.17, 15) is 19.2 Å². The standard InChI is InChI=1S/C17H16BrNO7S/c1-3-25-14(20)8-19-16(22)13(27-17(19)23)7-10-6-11(18)4-5-12(10)26-9-15(21)24-2/h4-7H,3,8-9H2,1-2H3/b13-7+. The normalized spacial score (nSPS) is 15.2. The first-order valence-electron chi connectivity index (χ1n) is 7.75. The molecular weight excluding hydrogens is 442 g/mol. The molecule has 1 aromatic carbocycles. The molecule has 0 aromatic heterocycles. The Hall–Kier alpha value is -2.33. The number of ether oxygens (including phenoxy) is 3. The van der Waals surface area contributed by atoms with Crippen LogP contribution in [0.4, 0.5) is 4.79 Å². The molecule has 0 N–H and O–H groups in total. The van der Waals surface area contributed by atoms with E-state index in [1.165, 1.54) is 13.2 Å². The third-order valence-electron chi connectivity index (χ3n) is 3.30. The molecule has 0 unspecified atom stereocenters. The molecule has 2 rings (SSSR count). The number of carbonyl (C=O) groups is 4. The number of benzene rings is 1. The van der Waals surface area contributed by atoms with Gasteiger partial charge in [0.15, 0.2) is 6.61 Å². The Morgan fingerprint density at radius 1 is 1.26 bits per heavy atom. The predicted molar refractivity (Wildman–Crippen MR) is 101 cm³/mol. The molecule has 0 spiro atoms.